The number of hydrogen-bond acceptors (Lipinski definition) is 2. The molecule has 0 aliphatic carbocycles. The van der Waals surface area contributed by atoms with Crippen LogP contribution in [0.3, 0.4) is 0 Å². The minimum absolute atomic E-state index is 0.153. The van der Waals surface area contributed by atoms with Crippen LogP contribution in [-0.4, -0.2) is 18.9 Å². The van der Waals surface area contributed by atoms with Crippen molar-refractivity contribution in [2.75, 3.05) is 13.1 Å². The molecule has 2 rings (SSSR count). The Bertz CT molecular complexity index is 411. The number of benzene rings is 1. The largest absolute Gasteiger partial charge is 0.316 e. The minimum atomic E-state index is 0.153. The van der Waals surface area contributed by atoms with Gasteiger partial charge < -0.3 is 5.32 Å². The van der Waals surface area contributed by atoms with E-state index < -0.39 is 0 Å². The first-order valence-corrected chi connectivity index (χ1v) is 5.92. The fraction of sp³-hybridized carbons (Fsp3) is 0.500. The highest BCUT2D eigenvalue weighted by atomic mass is 16.1. The molecule has 16 heavy (non-hydrogen) atoms. The summed E-state index contributed by atoms with van der Waals surface area (Å²) in [6, 6.07) is 6.11. The summed E-state index contributed by atoms with van der Waals surface area (Å²) in [5.74, 6) is 0.909. The maximum absolute atomic E-state index is 12.4. The van der Waals surface area contributed by atoms with Crippen molar-refractivity contribution in [3.05, 3.63) is 34.9 Å². The van der Waals surface area contributed by atoms with Crippen LogP contribution in [0, 0.1) is 25.7 Å². The summed E-state index contributed by atoms with van der Waals surface area (Å²) >= 11 is 0. The Balaban J connectivity index is 2.29. The Labute approximate surface area is 97.1 Å². The molecule has 2 nitrogen and oxygen atoms in total. The summed E-state index contributed by atoms with van der Waals surface area (Å²) in [6.45, 7) is 7.98. The van der Waals surface area contributed by atoms with Crippen molar-refractivity contribution in [2.24, 2.45) is 11.8 Å². The van der Waals surface area contributed by atoms with Crippen molar-refractivity contribution < 1.29 is 4.79 Å². The maximum atomic E-state index is 12.4. The molecule has 1 aromatic carbocycles. The summed E-state index contributed by atoms with van der Waals surface area (Å²) in [6.07, 6.45) is 0. The number of aryl methyl sites for hydroxylation is 2. The van der Waals surface area contributed by atoms with Crippen LogP contribution < -0.4 is 5.32 Å². The summed E-state index contributed by atoms with van der Waals surface area (Å²) in [4.78, 5) is 12.4. The van der Waals surface area contributed by atoms with Crippen molar-refractivity contribution in [1.29, 1.82) is 0 Å². The zero-order valence-electron chi connectivity index (χ0n) is 10.2. The minimum Gasteiger partial charge on any atom is -0.316 e. The lowest BCUT2D eigenvalue weighted by Gasteiger charge is -2.14. The number of carbonyl (C=O) groups is 1. The first-order chi connectivity index (χ1) is 7.59. The number of hydrogen-bond donors (Lipinski definition) is 1. The molecule has 1 heterocycles. The molecule has 1 aromatic rings. The normalized spacial score (nSPS) is 24.7. The molecule has 0 radical (unpaired) electrons. The quantitative estimate of drug-likeness (QED) is 0.770. The van der Waals surface area contributed by atoms with Crippen LogP contribution in [0.15, 0.2) is 18.2 Å². The molecule has 0 bridgehead atoms. The molecule has 0 amide bonds. The smallest absolute Gasteiger partial charge is 0.167 e. The zero-order chi connectivity index (χ0) is 11.7. The van der Waals surface area contributed by atoms with Crippen molar-refractivity contribution in [3.8, 4) is 0 Å². The topological polar surface area (TPSA) is 29.1 Å². The van der Waals surface area contributed by atoms with E-state index in [0.717, 1.165) is 29.8 Å². The molecule has 1 N–H and O–H groups in total. The Morgan fingerprint density at radius 2 is 2.06 bits per heavy atom. The number of carbonyl (C=O) groups excluding carboxylic acids is 1. The standard InChI is InChI=1S/C14H19NO/c1-9-4-5-10(2)12(6-9)14(16)13-8-15-7-11(13)3/h4-6,11,13,15H,7-8H2,1-3H3. The van der Waals surface area contributed by atoms with Gasteiger partial charge in [-0.3, -0.25) is 4.79 Å². The van der Waals surface area contributed by atoms with Crippen molar-refractivity contribution in [3.63, 3.8) is 0 Å². The molecule has 1 aliphatic rings. The van der Waals surface area contributed by atoms with Crippen LogP contribution in [0.25, 0.3) is 0 Å². The lowest BCUT2D eigenvalue weighted by Crippen LogP contribution is -2.22. The van der Waals surface area contributed by atoms with Gasteiger partial charge in [0.25, 0.3) is 0 Å². The zero-order valence-corrected chi connectivity index (χ0v) is 10.2. The molecule has 1 aliphatic heterocycles. The second-order valence-electron chi connectivity index (χ2n) is 4.92. The molecular weight excluding hydrogens is 198 g/mol. The summed E-state index contributed by atoms with van der Waals surface area (Å²) in [7, 11) is 0. The Kier molecular flexibility index (Phi) is 3.10. The van der Waals surface area contributed by atoms with Gasteiger partial charge in [-0.15, -0.1) is 0 Å². The van der Waals surface area contributed by atoms with E-state index in [2.05, 4.69) is 18.3 Å². The van der Waals surface area contributed by atoms with Gasteiger partial charge in [0.15, 0.2) is 5.78 Å². The maximum Gasteiger partial charge on any atom is 0.167 e. The fourth-order valence-corrected chi connectivity index (χ4v) is 2.36. The number of ketones is 1. The number of nitrogens with one attached hydrogen (secondary N) is 1. The van der Waals surface area contributed by atoms with E-state index in [4.69, 9.17) is 0 Å². The molecule has 2 atom stereocenters. The molecule has 2 heteroatoms. The number of Topliss-reactive ketones (excluding diaryl/α,β-unsaturated/α-hetero) is 1. The van der Waals surface area contributed by atoms with E-state index in [1.165, 1.54) is 0 Å². The van der Waals surface area contributed by atoms with E-state index in [1.54, 1.807) is 0 Å². The van der Waals surface area contributed by atoms with Gasteiger partial charge >= 0.3 is 0 Å². The van der Waals surface area contributed by atoms with Gasteiger partial charge in [0.2, 0.25) is 0 Å². The number of rotatable bonds is 2. The van der Waals surface area contributed by atoms with Gasteiger partial charge in [0, 0.05) is 18.0 Å². The average molecular weight is 217 g/mol. The Morgan fingerprint density at radius 3 is 2.69 bits per heavy atom. The third kappa shape index (κ3) is 2.03. The summed E-state index contributed by atoms with van der Waals surface area (Å²) in [5, 5.41) is 3.29. The van der Waals surface area contributed by atoms with E-state index >= 15 is 0 Å². The van der Waals surface area contributed by atoms with Gasteiger partial charge in [0.1, 0.15) is 0 Å². The molecule has 0 saturated carbocycles. The monoisotopic (exact) mass is 217 g/mol. The van der Waals surface area contributed by atoms with E-state index in [-0.39, 0.29) is 5.92 Å². The average Bonchev–Trinajstić information content (AvgIpc) is 2.67. The Hall–Kier alpha value is -1.15. The summed E-state index contributed by atoms with van der Waals surface area (Å²) in [5.41, 5.74) is 3.16. The highest BCUT2D eigenvalue weighted by Crippen LogP contribution is 2.23. The third-order valence-corrected chi connectivity index (χ3v) is 3.51. The second kappa shape index (κ2) is 4.38. The van der Waals surface area contributed by atoms with Crippen molar-refractivity contribution >= 4 is 5.78 Å². The second-order valence-corrected chi connectivity index (χ2v) is 4.92. The molecule has 0 spiro atoms. The molecule has 1 fully saturated rings. The van der Waals surface area contributed by atoms with Gasteiger partial charge in [0.05, 0.1) is 0 Å². The lowest BCUT2D eigenvalue weighted by atomic mass is 9.87. The lowest BCUT2D eigenvalue weighted by molar-refractivity contribution is 0.0907. The molecule has 0 aromatic heterocycles. The van der Waals surface area contributed by atoms with Crippen LogP contribution in [0.5, 0.6) is 0 Å². The predicted octanol–water partition coefficient (Wildman–Crippen LogP) is 2.34. The SMILES string of the molecule is Cc1ccc(C)c(C(=O)C2CNCC2C)c1. The van der Waals surface area contributed by atoms with Gasteiger partial charge in [-0.1, -0.05) is 24.6 Å². The highest BCUT2D eigenvalue weighted by molar-refractivity contribution is 5.99. The predicted molar refractivity (Wildman–Crippen MR) is 65.8 cm³/mol. The highest BCUT2D eigenvalue weighted by Gasteiger charge is 2.30. The first-order valence-electron chi connectivity index (χ1n) is 5.92. The molecular formula is C14H19NO. The van der Waals surface area contributed by atoms with Crippen molar-refractivity contribution in [2.45, 2.75) is 20.8 Å². The molecule has 86 valence electrons. The van der Waals surface area contributed by atoms with Crippen LogP contribution in [0.2, 0.25) is 0 Å². The molecule has 1 saturated heterocycles. The van der Waals surface area contributed by atoms with Gasteiger partial charge in [-0.25, -0.2) is 0 Å². The van der Waals surface area contributed by atoms with E-state index in [9.17, 15) is 4.79 Å². The summed E-state index contributed by atoms with van der Waals surface area (Å²) < 4.78 is 0. The Morgan fingerprint density at radius 1 is 1.31 bits per heavy atom. The van der Waals surface area contributed by atoms with Crippen LogP contribution in [0.1, 0.15) is 28.4 Å². The van der Waals surface area contributed by atoms with Crippen molar-refractivity contribution in [1.82, 2.24) is 5.32 Å². The van der Waals surface area contributed by atoms with Crippen LogP contribution in [0.4, 0.5) is 0 Å². The van der Waals surface area contributed by atoms with Crippen LogP contribution >= 0.6 is 0 Å². The van der Waals surface area contributed by atoms with E-state index in [1.807, 2.05) is 26.0 Å². The van der Waals surface area contributed by atoms with E-state index in [0.29, 0.717) is 11.7 Å². The fourth-order valence-electron chi connectivity index (χ4n) is 2.36. The van der Waals surface area contributed by atoms with Gasteiger partial charge in [-0.2, -0.15) is 0 Å². The van der Waals surface area contributed by atoms with Crippen LogP contribution in [-0.2, 0) is 0 Å². The third-order valence-electron chi connectivity index (χ3n) is 3.51. The first kappa shape index (κ1) is 11.3. The van der Waals surface area contributed by atoms with Gasteiger partial charge in [-0.05, 0) is 37.9 Å². The molecule has 2 unspecified atom stereocenters.